The number of hydrogen-bond acceptors (Lipinski definition) is 2. The summed E-state index contributed by atoms with van der Waals surface area (Å²) in [7, 11) is 0. The largest absolute Gasteiger partial charge is 0.456 e. The minimum absolute atomic E-state index is 0.703. The van der Waals surface area contributed by atoms with Crippen molar-refractivity contribution < 1.29 is 9.84 Å². The summed E-state index contributed by atoms with van der Waals surface area (Å²) in [5.41, 5.74) is 1.91. The fraction of sp³-hybridized carbons (Fsp3) is 0.294. The van der Waals surface area contributed by atoms with E-state index >= 15 is 0 Å². The summed E-state index contributed by atoms with van der Waals surface area (Å²) in [6.07, 6.45) is 0. The van der Waals surface area contributed by atoms with Crippen molar-refractivity contribution in [2.45, 2.75) is 33.3 Å². The van der Waals surface area contributed by atoms with E-state index in [9.17, 15) is 5.11 Å². The van der Waals surface area contributed by atoms with Crippen molar-refractivity contribution in [2.24, 2.45) is 0 Å². The van der Waals surface area contributed by atoms with E-state index in [2.05, 4.69) is 15.9 Å². The lowest BCUT2D eigenvalue weighted by atomic mass is 9.98. The van der Waals surface area contributed by atoms with Crippen LogP contribution in [0, 0.1) is 13.8 Å². The van der Waals surface area contributed by atoms with E-state index in [1.165, 1.54) is 0 Å². The van der Waals surface area contributed by atoms with Gasteiger partial charge in [0.25, 0.3) is 0 Å². The molecule has 0 radical (unpaired) electrons. The van der Waals surface area contributed by atoms with Gasteiger partial charge in [-0.15, -0.1) is 0 Å². The monoisotopic (exact) mass is 368 g/mol. The van der Waals surface area contributed by atoms with E-state index in [4.69, 9.17) is 16.3 Å². The Bertz CT molecular complexity index is 652. The van der Waals surface area contributed by atoms with Crippen molar-refractivity contribution in [1.29, 1.82) is 0 Å². The summed E-state index contributed by atoms with van der Waals surface area (Å²) in [6, 6.07) is 9.34. The van der Waals surface area contributed by atoms with Gasteiger partial charge in [0.2, 0.25) is 0 Å². The topological polar surface area (TPSA) is 29.5 Å². The Kier molecular flexibility index (Phi) is 4.66. The molecule has 0 atom stereocenters. The van der Waals surface area contributed by atoms with Crippen LogP contribution >= 0.6 is 27.5 Å². The Morgan fingerprint density at radius 1 is 1.10 bits per heavy atom. The van der Waals surface area contributed by atoms with E-state index in [1.807, 2.05) is 44.2 Å². The molecule has 0 aliphatic carbocycles. The van der Waals surface area contributed by atoms with Gasteiger partial charge in [0.15, 0.2) is 0 Å². The van der Waals surface area contributed by atoms with Crippen molar-refractivity contribution >= 4 is 27.5 Å². The molecule has 0 fully saturated rings. The van der Waals surface area contributed by atoms with Crippen LogP contribution in [-0.4, -0.2) is 5.11 Å². The number of hydrogen-bond donors (Lipinski definition) is 1. The molecule has 0 aromatic heterocycles. The molecule has 21 heavy (non-hydrogen) atoms. The SMILES string of the molecule is Cc1cc(Cl)cc(C)c1Oc1ccc(C(C)(C)O)cc1Br. The number of benzene rings is 2. The van der Waals surface area contributed by atoms with Crippen molar-refractivity contribution in [3.8, 4) is 11.5 Å². The van der Waals surface area contributed by atoms with Crippen molar-refractivity contribution in [3.05, 3.63) is 56.5 Å². The third kappa shape index (κ3) is 3.79. The Morgan fingerprint density at radius 2 is 1.67 bits per heavy atom. The Hall–Kier alpha value is -1.03. The minimum atomic E-state index is -0.882. The quantitative estimate of drug-likeness (QED) is 0.747. The van der Waals surface area contributed by atoms with Crippen LogP contribution in [0.25, 0.3) is 0 Å². The van der Waals surface area contributed by atoms with Crippen LogP contribution in [0.3, 0.4) is 0 Å². The first kappa shape index (κ1) is 16.3. The molecule has 2 aromatic carbocycles. The zero-order valence-electron chi connectivity index (χ0n) is 12.5. The van der Waals surface area contributed by atoms with E-state index in [0.717, 1.165) is 26.9 Å². The molecule has 0 heterocycles. The highest BCUT2D eigenvalue weighted by Gasteiger charge is 2.18. The van der Waals surface area contributed by atoms with Crippen molar-refractivity contribution in [2.75, 3.05) is 0 Å². The van der Waals surface area contributed by atoms with Gasteiger partial charge in [0, 0.05) is 5.02 Å². The second kappa shape index (κ2) is 5.99. The lowest BCUT2D eigenvalue weighted by Gasteiger charge is -2.19. The maximum absolute atomic E-state index is 10.0. The standard InChI is InChI=1S/C17H18BrClO2/c1-10-7-13(19)8-11(2)16(10)21-15-6-5-12(9-14(15)18)17(3,4)20/h5-9,20H,1-4H3. The summed E-state index contributed by atoms with van der Waals surface area (Å²) in [5, 5.41) is 10.7. The average molecular weight is 370 g/mol. The summed E-state index contributed by atoms with van der Waals surface area (Å²) >= 11 is 9.53. The maximum atomic E-state index is 10.0. The number of aliphatic hydroxyl groups is 1. The highest BCUT2D eigenvalue weighted by atomic mass is 79.9. The smallest absolute Gasteiger partial charge is 0.141 e. The van der Waals surface area contributed by atoms with Crippen LogP contribution in [-0.2, 0) is 5.60 Å². The molecule has 0 unspecified atom stereocenters. The lowest BCUT2D eigenvalue weighted by molar-refractivity contribution is 0.0785. The third-order valence-electron chi connectivity index (χ3n) is 3.28. The van der Waals surface area contributed by atoms with Crippen LogP contribution in [0.4, 0.5) is 0 Å². The maximum Gasteiger partial charge on any atom is 0.141 e. The molecule has 0 aliphatic heterocycles. The second-order valence-electron chi connectivity index (χ2n) is 5.67. The number of aryl methyl sites for hydroxylation is 2. The first-order chi connectivity index (χ1) is 9.68. The van der Waals surface area contributed by atoms with Gasteiger partial charge in [-0.05, 0) is 84.6 Å². The van der Waals surface area contributed by atoms with Gasteiger partial charge in [-0.3, -0.25) is 0 Å². The highest BCUT2D eigenvalue weighted by molar-refractivity contribution is 9.10. The van der Waals surface area contributed by atoms with Gasteiger partial charge < -0.3 is 9.84 Å². The number of ether oxygens (including phenoxy) is 1. The highest BCUT2D eigenvalue weighted by Crippen LogP contribution is 2.36. The Morgan fingerprint density at radius 3 is 2.14 bits per heavy atom. The minimum Gasteiger partial charge on any atom is -0.456 e. The van der Waals surface area contributed by atoms with Crippen LogP contribution in [0.5, 0.6) is 11.5 Å². The zero-order chi connectivity index (χ0) is 15.8. The van der Waals surface area contributed by atoms with E-state index in [-0.39, 0.29) is 0 Å². The van der Waals surface area contributed by atoms with E-state index in [0.29, 0.717) is 10.8 Å². The molecule has 0 amide bonds. The predicted molar refractivity (Wildman–Crippen MR) is 90.4 cm³/mol. The normalized spacial score (nSPS) is 11.6. The lowest BCUT2D eigenvalue weighted by Crippen LogP contribution is -2.15. The fourth-order valence-electron chi connectivity index (χ4n) is 2.13. The molecule has 0 bridgehead atoms. The molecule has 112 valence electrons. The average Bonchev–Trinajstić information content (AvgIpc) is 2.33. The van der Waals surface area contributed by atoms with E-state index in [1.54, 1.807) is 13.8 Å². The molecule has 2 aromatic rings. The van der Waals surface area contributed by atoms with Gasteiger partial charge in [-0.25, -0.2) is 0 Å². The van der Waals surface area contributed by atoms with Crippen LogP contribution in [0.1, 0.15) is 30.5 Å². The summed E-state index contributed by atoms with van der Waals surface area (Å²) < 4.78 is 6.81. The van der Waals surface area contributed by atoms with E-state index < -0.39 is 5.60 Å². The molecule has 0 saturated heterocycles. The van der Waals surface area contributed by atoms with Gasteiger partial charge in [-0.1, -0.05) is 17.7 Å². The van der Waals surface area contributed by atoms with Crippen molar-refractivity contribution in [3.63, 3.8) is 0 Å². The molecule has 0 aliphatic rings. The van der Waals surface area contributed by atoms with Gasteiger partial charge >= 0.3 is 0 Å². The second-order valence-corrected chi connectivity index (χ2v) is 6.97. The van der Waals surface area contributed by atoms with Crippen LogP contribution in [0.2, 0.25) is 5.02 Å². The summed E-state index contributed by atoms with van der Waals surface area (Å²) in [6.45, 7) is 7.44. The third-order valence-corrected chi connectivity index (χ3v) is 4.11. The number of rotatable bonds is 3. The molecule has 1 N–H and O–H groups in total. The first-order valence-corrected chi connectivity index (χ1v) is 7.82. The molecular formula is C17H18BrClO2. The zero-order valence-corrected chi connectivity index (χ0v) is 14.8. The summed E-state index contributed by atoms with van der Waals surface area (Å²) in [5.74, 6) is 1.51. The Labute approximate surface area is 138 Å². The first-order valence-electron chi connectivity index (χ1n) is 6.65. The van der Waals surface area contributed by atoms with Crippen molar-refractivity contribution in [1.82, 2.24) is 0 Å². The Balaban J connectivity index is 2.37. The molecule has 4 heteroatoms. The summed E-state index contributed by atoms with van der Waals surface area (Å²) in [4.78, 5) is 0. The van der Waals surface area contributed by atoms with Crippen LogP contribution in [0.15, 0.2) is 34.8 Å². The molecule has 2 rings (SSSR count). The molecule has 0 spiro atoms. The van der Waals surface area contributed by atoms with Gasteiger partial charge in [0.1, 0.15) is 11.5 Å². The fourth-order valence-corrected chi connectivity index (χ4v) is 2.92. The van der Waals surface area contributed by atoms with Gasteiger partial charge in [-0.2, -0.15) is 0 Å². The molecule has 2 nitrogen and oxygen atoms in total. The predicted octanol–water partition coefficient (Wildman–Crippen LogP) is 5.74. The van der Waals surface area contributed by atoms with Crippen LogP contribution < -0.4 is 4.74 Å². The molecular weight excluding hydrogens is 352 g/mol. The number of halogens is 2. The molecule has 0 saturated carbocycles. The van der Waals surface area contributed by atoms with Gasteiger partial charge in [0.05, 0.1) is 10.1 Å².